The zero-order chi connectivity index (χ0) is 18.4. The quantitative estimate of drug-likeness (QED) is 0.670. The normalized spacial score (nSPS) is 24.6. The number of aromatic carboxylic acids is 1. The molecule has 2 aliphatic rings. The number of amides is 1. The van der Waals surface area contributed by atoms with Crippen LogP contribution in [-0.4, -0.2) is 28.0 Å². The highest BCUT2D eigenvalue weighted by Crippen LogP contribution is 2.44. The second-order valence-electron chi connectivity index (χ2n) is 7.15. The van der Waals surface area contributed by atoms with E-state index in [2.05, 4.69) is 10.3 Å². The SMILES string of the molecule is O=C(/C=C/c1c(C(=O)O)[nH]c2cc(Cl)cc(Cl)c12)N[C@@H]1C[C@@H]2CC[C@H]1C2. The molecule has 5 nitrogen and oxygen atoms in total. The second-order valence-corrected chi connectivity index (χ2v) is 8.00. The lowest BCUT2D eigenvalue weighted by molar-refractivity contribution is -0.117. The average Bonchev–Trinajstić information content (AvgIpc) is 3.26. The minimum atomic E-state index is -1.12. The molecule has 1 aromatic carbocycles. The van der Waals surface area contributed by atoms with E-state index < -0.39 is 5.97 Å². The molecule has 3 N–H and O–H groups in total. The lowest BCUT2D eigenvalue weighted by atomic mass is 9.95. The Balaban J connectivity index is 1.61. The molecule has 2 bridgehead atoms. The predicted molar refractivity (Wildman–Crippen MR) is 102 cm³/mol. The first kappa shape index (κ1) is 17.4. The van der Waals surface area contributed by atoms with Crippen molar-refractivity contribution in [2.45, 2.75) is 31.7 Å². The van der Waals surface area contributed by atoms with Crippen LogP contribution in [0.4, 0.5) is 0 Å². The Labute approximate surface area is 160 Å². The van der Waals surface area contributed by atoms with Gasteiger partial charge in [0.2, 0.25) is 5.91 Å². The van der Waals surface area contributed by atoms with Crippen LogP contribution >= 0.6 is 23.2 Å². The number of carbonyl (C=O) groups is 2. The highest BCUT2D eigenvalue weighted by molar-refractivity contribution is 6.39. The van der Waals surface area contributed by atoms with E-state index in [1.54, 1.807) is 12.1 Å². The molecule has 26 heavy (non-hydrogen) atoms. The van der Waals surface area contributed by atoms with Crippen molar-refractivity contribution in [3.05, 3.63) is 39.5 Å². The van der Waals surface area contributed by atoms with Gasteiger partial charge in [-0.3, -0.25) is 4.79 Å². The van der Waals surface area contributed by atoms with Gasteiger partial charge in [-0.15, -0.1) is 0 Å². The van der Waals surface area contributed by atoms with Crippen molar-refractivity contribution in [1.29, 1.82) is 0 Å². The van der Waals surface area contributed by atoms with Gasteiger partial charge in [0.1, 0.15) is 5.69 Å². The van der Waals surface area contributed by atoms with Crippen molar-refractivity contribution in [3.8, 4) is 0 Å². The average molecular weight is 393 g/mol. The van der Waals surface area contributed by atoms with Crippen molar-refractivity contribution in [1.82, 2.24) is 10.3 Å². The molecule has 3 atom stereocenters. The number of aromatic nitrogens is 1. The number of carboxylic acids is 1. The molecule has 1 amide bonds. The summed E-state index contributed by atoms with van der Waals surface area (Å²) in [4.78, 5) is 26.7. The van der Waals surface area contributed by atoms with Gasteiger partial charge >= 0.3 is 5.97 Å². The second kappa shape index (κ2) is 6.63. The molecule has 0 spiro atoms. The topological polar surface area (TPSA) is 82.2 Å². The number of benzene rings is 1. The maximum atomic E-state index is 12.3. The summed E-state index contributed by atoms with van der Waals surface area (Å²) in [7, 11) is 0. The Morgan fingerprint density at radius 3 is 2.69 bits per heavy atom. The number of H-pyrrole nitrogens is 1. The zero-order valence-electron chi connectivity index (χ0n) is 13.9. The molecule has 2 saturated carbocycles. The third kappa shape index (κ3) is 3.10. The third-order valence-electron chi connectivity index (χ3n) is 5.53. The summed E-state index contributed by atoms with van der Waals surface area (Å²) in [6, 6.07) is 3.40. The molecule has 0 radical (unpaired) electrons. The van der Waals surface area contributed by atoms with E-state index >= 15 is 0 Å². The highest BCUT2D eigenvalue weighted by atomic mass is 35.5. The van der Waals surface area contributed by atoms with Crippen LogP contribution in [0.2, 0.25) is 10.0 Å². The number of carbonyl (C=O) groups excluding carboxylic acids is 1. The highest BCUT2D eigenvalue weighted by Gasteiger charge is 2.39. The van der Waals surface area contributed by atoms with E-state index in [0.29, 0.717) is 32.4 Å². The van der Waals surface area contributed by atoms with Gasteiger partial charge in [0.25, 0.3) is 0 Å². The first-order chi connectivity index (χ1) is 12.4. The maximum Gasteiger partial charge on any atom is 0.352 e. The Kier molecular flexibility index (Phi) is 4.45. The fourth-order valence-corrected chi connectivity index (χ4v) is 5.01. The summed E-state index contributed by atoms with van der Waals surface area (Å²) in [6.45, 7) is 0. The van der Waals surface area contributed by atoms with Gasteiger partial charge in [0.05, 0.1) is 5.02 Å². The summed E-state index contributed by atoms with van der Waals surface area (Å²) in [5, 5.41) is 13.8. The Morgan fingerprint density at radius 2 is 2.04 bits per heavy atom. The maximum absolute atomic E-state index is 12.3. The molecule has 0 unspecified atom stereocenters. The number of halogens is 2. The van der Waals surface area contributed by atoms with Crippen molar-refractivity contribution in [2.75, 3.05) is 0 Å². The van der Waals surface area contributed by atoms with Crippen LogP contribution in [-0.2, 0) is 4.79 Å². The monoisotopic (exact) mass is 392 g/mol. The molecule has 7 heteroatoms. The molecule has 1 heterocycles. The largest absolute Gasteiger partial charge is 0.477 e. The Hall–Kier alpha value is -1.98. The van der Waals surface area contributed by atoms with Gasteiger partial charge in [0, 0.05) is 33.6 Å². The summed E-state index contributed by atoms with van der Waals surface area (Å²) < 4.78 is 0. The Morgan fingerprint density at radius 1 is 1.23 bits per heavy atom. The van der Waals surface area contributed by atoms with E-state index in [1.807, 2.05) is 0 Å². The minimum Gasteiger partial charge on any atom is -0.477 e. The van der Waals surface area contributed by atoms with E-state index in [1.165, 1.54) is 31.4 Å². The molecule has 2 aliphatic carbocycles. The molecule has 1 aromatic heterocycles. The van der Waals surface area contributed by atoms with Crippen LogP contribution in [0.1, 0.15) is 41.7 Å². The molecule has 0 saturated heterocycles. The molecule has 2 aromatic rings. The number of carboxylic acid groups (broad SMARTS) is 1. The summed E-state index contributed by atoms with van der Waals surface area (Å²) >= 11 is 12.2. The summed E-state index contributed by atoms with van der Waals surface area (Å²) in [6.07, 6.45) is 7.59. The Bertz CT molecular complexity index is 934. The summed E-state index contributed by atoms with van der Waals surface area (Å²) in [5.74, 6) is -0.0125. The predicted octanol–water partition coefficient (Wildman–Crippen LogP) is 4.49. The van der Waals surface area contributed by atoms with Crippen molar-refractivity contribution < 1.29 is 14.7 Å². The molecule has 4 rings (SSSR count). The zero-order valence-corrected chi connectivity index (χ0v) is 15.4. The minimum absolute atomic E-state index is 0.0202. The van der Waals surface area contributed by atoms with Gasteiger partial charge in [-0.05, 0) is 49.3 Å². The number of nitrogens with one attached hydrogen (secondary N) is 2. The third-order valence-corrected chi connectivity index (χ3v) is 6.05. The first-order valence-corrected chi connectivity index (χ1v) is 9.40. The smallest absolute Gasteiger partial charge is 0.352 e. The number of fused-ring (bicyclic) bond motifs is 3. The number of rotatable bonds is 4. The van der Waals surface area contributed by atoms with Crippen LogP contribution in [0.25, 0.3) is 17.0 Å². The number of hydrogen-bond donors (Lipinski definition) is 3. The van der Waals surface area contributed by atoms with Crippen molar-refractivity contribution in [2.24, 2.45) is 11.8 Å². The van der Waals surface area contributed by atoms with Gasteiger partial charge < -0.3 is 15.4 Å². The van der Waals surface area contributed by atoms with Crippen molar-refractivity contribution in [3.63, 3.8) is 0 Å². The molecular formula is C19H18Cl2N2O3. The molecule has 2 fully saturated rings. The number of hydrogen-bond acceptors (Lipinski definition) is 2. The van der Waals surface area contributed by atoms with Crippen LogP contribution in [0.3, 0.4) is 0 Å². The lowest BCUT2D eigenvalue weighted by Gasteiger charge is -2.22. The van der Waals surface area contributed by atoms with Crippen LogP contribution in [0, 0.1) is 11.8 Å². The van der Waals surface area contributed by atoms with E-state index in [0.717, 1.165) is 12.3 Å². The standard InChI is InChI=1S/C19H18Cl2N2O3/c20-11-7-13(21)17-12(18(19(25)26)23-15(17)8-11)3-4-16(24)22-14-6-9-1-2-10(14)5-9/h3-4,7-10,14,23H,1-2,5-6H2,(H,22,24)(H,25,26)/b4-3+/t9-,10+,14-/m1/s1. The molecule has 136 valence electrons. The fraction of sp³-hybridized carbons (Fsp3) is 0.368. The lowest BCUT2D eigenvalue weighted by Crippen LogP contribution is -2.37. The van der Waals surface area contributed by atoms with Crippen LogP contribution < -0.4 is 5.32 Å². The van der Waals surface area contributed by atoms with E-state index in [4.69, 9.17) is 23.2 Å². The van der Waals surface area contributed by atoms with Crippen LogP contribution in [0.15, 0.2) is 18.2 Å². The van der Waals surface area contributed by atoms with E-state index in [-0.39, 0.29) is 17.6 Å². The van der Waals surface area contributed by atoms with Gasteiger partial charge in [-0.2, -0.15) is 0 Å². The van der Waals surface area contributed by atoms with Crippen LogP contribution in [0.5, 0.6) is 0 Å². The van der Waals surface area contributed by atoms with Crippen molar-refractivity contribution >= 4 is 52.1 Å². The number of aromatic amines is 1. The first-order valence-electron chi connectivity index (χ1n) is 8.65. The molecular weight excluding hydrogens is 375 g/mol. The molecule has 0 aliphatic heterocycles. The fourth-order valence-electron chi connectivity index (χ4n) is 4.42. The summed E-state index contributed by atoms with van der Waals surface area (Å²) in [5.41, 5.74) is 0.874. The van der Waals surface area contributed by atoms with Gasteiger partial charge in [-0.25, -0.2) is 4.79 Å². The van der Waals surface area contributed by atoms with Gasteiger partial charge in [0.15, 0.2) is 0 Å². The van der Waals surface area contributed by atoms with E-state index in [9.17, 15) is 14.7 Å². The van der Waals surface area contributed by atoms with Gasteiger partial charge in [-0.1, -0.05) is 29.6 Å².